The molecule has 1 aromatic carbocycles. The number of carbonyl (C=O) groups excluding carboxylic acids is 2. The number of hydrogen-bond acceptors (Lipinski definition) is 4. The Bertz CT molecular complexity index is 619. The molecule has 150 valence electrons. The normalized spacial score (nSPS) is 17.8. The van der Waals surface area contributed by atoms with E-state index in [0.717, 1.165) is 0 Å². The van der Waals surface area contributed by atoms with Gasteiger partial charge in [0, 0.05) is 39.1 Å². The van der Waals surface area contributed by atoms with Crippen LogP contribution < -0.4 is 16.0 Å². The highest BCUT2D eigenvalue weighted by Crippen LogP contribution is 2.25. The van der Waals surface area contributed by atoms with Crippen molar-refractivity contribution >= 4 is 11.8 Å². The quantitative estimate of drug-likeness (QED) is 0.659. The van der Waals surface area contributed by atoms with Gasteiger partial charge in [0.1, 0.15) is 12.1 Å². The van der Waals surface area contributed by atoms with Crippen molar-refractivity contribution in [1.82, 2.24) is 20.9 Å². The zero-order chi connectivity index (χ0) is 19.9. The molecule has 0 aliphatic carbocycles. The first kappa shape index (κ1) is 21.2. The minimum atomic E-state index is -4.46. The van der Waals surface area contributed by atoms with E-state index in [4.69, 9.17) is 0 Å². The number of rotatable bonds is 7. The van der Waals surface area contributed by atoms with E-state index in [-0.39, 0.29) is 25.4 Å². The van der Waals surface area contributed by atoms with Gasteiger partial charge in [-0.15, -0.1) is 0 Å². The molecule has 0 spiro atoms. The van der Waals surface area contributed by atoms with Crippen molar-refractivity contribution in [3.63, 3.8) is 0 Å². The summed E-state index contributed by atoms with van der Waals surface area (Å²) in [6.45, 7) is 2.54. The fourth-order valence-corrected chi connectivity index (χ4v) is 2.95. The molecule has 1 aliphatic heterocycles. The maximum atomic E-state index is 13.5. The zero-order valence-corrected chi connectivity index (χ0v) is 15.2. The molecule has 6 nitrogen and oxygen atoms in total. The molecule has 0 aromatic heterocycles. The van der Waals surface area contributed by atoms with Gasteiger partial charge in [0.25, 0.3) is 0 Å². The minimum absolute atomic E-state index is 0.169. The van der Waals surface area contributed by atoms with Gasteiger partial charge in [0.15, 0.2) is 0 Å². The predicted molar refractivity (Wildman–Crippen MR) is 94.9 cm³/mol. The smallest absolute Gasteiger partial charge is 0.352 e. The molecular formula is C18H25F3N4O2. The van der Waals surface area contributed by atoms with Gasteiger partial charge in [-0.3, -0.25) is 14.5 Å². The molecule has 1 fully saturated rings. The lowest BCUT2D eigenvalue weighted by molar-refractivity contribution is -0.184. The maximum Gasteiger partial charge on any atom is 0.405 e. The summed E-state index contributed by atoms with van der Waals surface area (Å²) in [5, 5.41) is 7.96. The van der Waals surface area contributed by atoms with Gasteiger partial charge in [0.2, 0.25) is 11.8 Å². The SMILES string of the molecule is CCC(=O)NC(C(=O)NCC(N1CCNCC1)C(F)(F)F)c1ccccc1. The van der Waals surface area contributed by atoms with Crippen molar-refractivity contribution in [2.24, 2.45) is 0 Å². The second kappa shape index (κ2) is 9.70. The number of halogens is 3. The first-order chi connectivity index (χ1) is 12.8. The van der Waals surface area contributed by atoms with Crippen LogP contribution in [0, 0.1) is 0 Å². The Morgan fingerprint density at radius 3 is 2.37 bits per heavy atom. The minimum Gasteiger partial charge on any atom is -0.352 e. The van der Waals surface area contributed by atoms with Crippen LogP contribution >= 0.6 is 0 Å². The van der Waals surface area contributed by atoms with Crippen molar-refractivity contribution in [3.8, 4) is 0 Å². The number of alkyl halides is 3. The molecule has 1 heterocycles. The van der Waals surface area contributed by atoms with Crippen molar-refractivity contribution in [2.45, 2.75) is 31.6 Å². The zero-order valence-electron chi connectivity index (χ0n) is 15.2. The summed E-state index contributed by atoms with van der Waals surface area (Å²) in [5.74, 6) is -1.01. The van der Waals surface area contributed by atoms with E-state index in [1.54, 1.807) is 37.3 Å². The molecule has 0 saturated carbocycles. The van der Waals surface area contributed by atoms with Gasteiger partial charge in [-0.25, -0.2) is 0 Å². The van der Waals surface area contributed by atoms with Gasteiger partial charge in [-0.05, 0) is 5.56 Å². The third-order valence-corrected chi connectivity index (χ3v) is 4.46. The van der Waals surface area contributed by atoms with Gasteiger partial charge >= 0.3 is 6.18 Å². The highest BCUT2D eigenvalue weighted by Gasteiger charge is 2.44. The molecule has 2 amide bonds. The molecular weight excluding hydrogens is 361 g/mol. The molecule has 9 heteroatoms. The van der Waals surface area contributed by atoms with E-state index in [2.05, 4.69) is 16.0 Å². The number of nitrogens with zero attached hydrogens (tertiary/aromatic N) is 1. The molecule has 27 heavy (non-hydrogen) atoms. The van der Waals surface area contributed by atoms with E-state index in [0.29, 0.717) is 18.7 Å². The van der Waals surface area contributed by atoms with E-state index in [1.165, 1.54) is 4.90 Å². The van der Waals surface area contributed by atoms with Crippen LogP contribution in [0.3, 0.4) is 0 Å². The fraction of sp³-hybridized carbons (Fsp3) is 0.556. The van der Waals surface area contributed by atoms with Gasteiger partial charge < -0.3 is 16.0 Å². The molecule has 2 unspecified atom stereocenters. The van der Waals surface area contributed by atoms with Crippen LogP contribution in [0.4, 0.5) is 13.2 Å². The van der Waals surface area contributed by atoms with E-state index in [1.807, 2.05) is 0 Å². The molecule has 0 radical (unpaired) electrons. The monoisotopic (exact) mass is 386 g/mol. The second-order valence-corrected chi connectivity index (χ2v) is 6.35. The molecule has 0 bridgehead atoms. The summed E-state index contributed by atoms with van der Waals surface area (Å²) in [6.07, 6.45) is -4.29. The summed E-state index contributed by atoms with van der Waals surface area (Å²) < 4.78 is 40.4. The van der Waals surface area contributed by atoms with E-state index in [9.17, 15) is 22.8 Å². The fourth-order valence-electron chi connectivity index (χ4n) is 2.95. The summed E-state index contributed by atoms with van der Waals surface area (Å²) in [5.41, 5.74) is 0.516. The highest BCUT2D eigenvalue weighted by molar-refractivity contribution is 5.88. The van der Waals surface area contributed by atoms with Crippen molar-refractivity contribution in [1.29, 1.82) is 0 Å². The Kier molecular flexibility index (Phi) is 7.61. The van der Waals surface area contributed by atoms with Crippen LogP contribution in [0.25, 0.3) is 0 Å². The summed E-state index contributed by atoms with van der Waals surface area (Å²) in [7, 11) is 0. The molecule has 1 aliphatic rings. The third-order valence-electron chi connectivity index (χ3n) is 4.46. The lowest BCUT2D eigenvalue weighted by Gasteiger charge is -2.36. The Morgan fingerprint density at radius 1 is 1.19 bits per heavy atom. The van der Waals surface area contributed by atoms with Crippen molar-refractivity contribution in [3.05, 3.63) is 35.9 Å². The molecule has 3 N–H and O–H groups in total. The first-order valence-electron chi connectivity index (χ1n) is 8.96. The largest absolute Gasteiger partial charge is 0.405 e. The van der Waals surface area contributed by atoms with Crippen LogP contribution in [0.15, 0.2) is 30.3 Å². The van der Waals surface area contributed by atoms with Crippen LogP contribution in [-0.2, 0) is 9.59 Å². The van der Waals surface area contributed by atoms with Crippen molar-refractivity contribution < 1.29 is 22.8 Å². The average Bonchev–Trinajstić information content (AvgIpc) is 2.66. The Hall–Kier alpha value is -2.13. The van der Waals surface area contributed by atoms with Crippen LogP contribution in [0.5, 0.6) is 0 Å². The van der Waals surface area contributed by atoms with E-state index < -0.39 is 30.7 Å². The van der Waals surface area contributed by atoms with Crippen molar-refractivity contribution in [2.75, 3.05) is 32.7 Å². The lowest BCUT2D eigenvalue weighted by atomic mass is 10.1. The molecule has 1 saturated heterocycles. The first-order valence-corrected chi connectivity index (χ1v) is 8.96. The average molecular weight is 386 g/mol. The molecule has 1 aromatic rings. The third kappa shape index (κ3) is 6.21. The molecule has 2 atom stereocenters. The van der Waals surface area contributed by atoms with E-state index >= 15 is 0 Å². The topological polar surface area (TPSA) is 73.5 Å². The lowest BCUT2D eigenvalue weighted by Crippen LogP contribution is -2.58. The number of amides is 2. The number of nitrogens with one attached hydrogen (secondary N) is 3. The van der Waals surface area contributed by atoms with Crippen LogP contribution in [0.1, 0.15) is 24.9 Å². The predicted octanol–water partition coefficient (Wildman–Crippen LogP) is 1.21. The van der Waals surface area contributed by atoms with Crippen LogP contribution in [-0.4, -0.2) is 61.7 Å². The van der Waals surface area contributed by atoms with Gasteiger partial charge in [-0.2, -0.15) is 13.2 Å². The summed E-state index contributed by atoms with van der Waals surface area (Å²) in [6, 6.07) is 5.66. The summed E-state index contributed by atoms with van der Waals surface area (Å²) in [4.78, 5) is 25.7. The number of piperazine rings is 1. The second-order valence-electron chi connectivity index (χ2n) is 6.35. The maximum absolute atomic E-state index is 13.5. The number of hydrogen-bond donors (Lipinski definition) is 3. The van der Waals surface area contributed by atoms with Crippen LogP contribution in [0.2, 0.25) is 0 Å². The Morgan fingerprint density at radius 2 is 1.81 bits per heavy atom. The highest BCUT2D eigenvalue weighted by atomic mass is 19.4. The Balaban J connectivity index is 2.09. The van der Waals surface area contributed by atoms with Gasteiger partial charge in [-0.1, -0.05) is 37.3 Å². The number of carbonyl (C=O) groups is 2. The number of benzene rings is 1. The molecule has 2 rings (SSSR count). The summed E-state index contributed by atoms with van der Waals surface area (Å²) >= 11 is 0. The standard InChI is InChI=1S/C18H25F3N4O2/c1-2-15(26)24-16(13-6-4-3-5-7-13)17(27)23-12-14(18(19,20)21)25-10-8-22-9-11-25/h3-7,14,16,22H,2,8-12H2,1H3,(H,23,27)(H,24,26). The van der Waals surface area contributed by atoms with Gasteiger partial charge in [0.05, 0.1) is 0 Å². The Labute approximate surface area is 156 Å².